The first-order valence-electron chi connectivity index (χ1n) is 8.97. The van der Waals surface area contributed by atoms with Crippen LogP contribution in [0.25, 0.3) is 0 Å². The van der Waals surface area contributed by atoms with E-state index in [0.717, 1.165) is 43.9 Å². The maximum absolute atomic E-state index is 13.3. The molecule has 0 aromatic rings. The lowest BCUT2D eigenvalue weighted by atomic mass is 9.49. The average molecular weight is 291 g/mol. The molecule has 1 amide bonds. The molecule has 0 aromatic heterocycles. The molecule has 4 saturated carbocycles. The predicted octanol–water partition coefficient (Wildman–Crippen LogP) is 3.09. The van der Waals surface area contributed by atoms with E-state index in [1.807, 2.05) is 0 Å². The summed E-state index contributed by atoms with van der Waals surface area (Å²) in [4.78, 5) is 15.5. The highest BCUT2D eigenvalue weighted by atomic mass is 16.5. The van der Waals surface area contributed by atoms with Crippen molar-refractivity contribution in [3.8, 4) is 0 Å². The van der Waals surface area contributed by atoms with Crippen molar-refractivity contribution in [2.75, 3.05) is 26.8 Å². The number of hydrogen-bond donors (Lipinski definition) is 0. The fraction of sp³-hybridized carbons (Fsp3) is 0.944. The van der Waals surface area contributed by atoms with Gasteiger partial charge in [0.2, 0.25) is 5.91 Å². The molecule has 1 saturated heterocycles. The molecular weight excluding hydrogens is 262 g/mol. The SMILES string of the molecule is COC[C@@H]1CCCN(C(=O)C23CC4CC(CC(C4)C2)C3)C1. The van der Waals surface area contributed by atoms with Crippen LogP contribution < -0.4 is 0 Å². The second kappa shape index (κ2) is 5.26. The number of hydrogen-bond acceptors (Lipinski definition) is 2. The zero-order chi connectivity index (χ0) is 14.4. The van der Waals surface area contributed by atoms with Gasteiger partial charge in [0, 0.05) is 20.2 Å². The van der Waals surface area contributed by atoms with E-state index in [2.05, 4.69) is 4.90 Å². The van der Waals surface area contributed by atoms with Gasteiger partial charge in [0.25, 0.3) is 0 Å². The Hall–Kier alpha value is -0.570. The van der Waals surface area contributed by atoms with Crippen LogP contribution in [0.3, 0.4) is 0 Å². The fourth-order valence-corrected chi connectivity index (χ4v) is 6.33. The summed E-state index contributed by atoms with van der Waals surface area (Å²) in [6, 6.07) is 0. The number of amides is 1. The third-order valence-corrected chi connectivity index (χ3v) is 6.70. The Kier molecular flexibility index (Phi) is 3.52. The van der Waals surface area contributed by atoms with Gasteiger partial charge in [-0.1, -0.05) is 0 Å². The topological polar surface area (TPSA) is 29.5 Å². The summed E-state index contributed by atoms with van der Waals surface area (Å²) in [6.45, 7) is 2.74. The Morgan fingerprint density at radius 3 is 2.33 bits per heavy atom. The minimum absolute atomic E-state index is 0.0453. The van der Waals surface area contributed by atoms with Crippen LogP contribution in [0.4, 0.5) is 0 Å². The van der Waals surface area contributed by atoms with E-state index < -0.39 is 0 Å². The highest BCUT2D eigenvalue weighted by Crippen LogP contribution is 2.60. The Balaban J connectivity index is 1.49. The number of nitrogens with zero attached hydrogens (tertiary/aromatic N) is 1. The maximum Gasteiger partial charge on any atom is 0.228 e. The largest absolute Gasteiger partial charge is 0.384 e. The van der Waals surface area contributed by atoms with E-state index in [1.165, 1.54) is 44.9 Å². The van der Waals surface area contributed by atoms with Crippen molar-refractivity contribution in [2.45, 2.75) is 51.4 Å². The van der Waals surface area contributed by atoms with Crippen LogP contribution >= 0.6 is 0 Å². The molecule has 1 aliphatic heterocycles. The fourth-order valence-electron chi connectivity index (χ4n) is 6.33. The molecule has 5 rings (SSSR count). The Morgan fingerprint density at radius 1 is 1.14 bits per heavy atom. The number of carbonyl (C=O) groups excluding carboxylic acids is 1. The molecule has 3 nitrogen and oxygen atoms in total. The monoisotopic (exact) mass is 291 g/mol. The van der Waals surface area contributed by atoms with Gasteiger partial charge in [-0.25, -0.2) is 0 Å². The molecule has 5 fully saturated rings. The molecule has 1 atom stereocenters. The molecule has 21 heavy (non-hydrogen) atoms. The normalized spacial score (nSPS) is 45.1. The molecule has 5 aliphatic rings. The van der Waals surface area contributed by atoms with Crippen molar-refractivity contribution >= 4 is 5.91 Å². The van der Waals surface area contributed by atoms with Crippen LogP contribution in [-0.4, -0.2) is 37.6 Å². The van der Waals surface area contributed by atoms with Gasteiger partial charge in [0.05, 0.1) is 12.0 Å². The summed E-state index contributed by atoms with van der Waals surface area (Å²) in [5, 5.41) is 0. The summed E-state index contributed by atoms with van der Waals surface area (Å²) in [5.74, 6) is 3.66. The number of carbonyl (C=O) groups is 1. The minimum atomic E-state index is 0.0453. The van der Waals surface area contributed by atoms with Crippen LogP contribution in [0.15, 0.2) is 0 Å². The molecule has 4 aliphatic carbocycles. The number of methoxy groups -OCH3 is 1. The first kappa shape index (κ1) is 14.0. The zero-order valence-electron chi connectivity index (χ0n) is 13.4. The molecule has 0 N–H and O–H groups in total. The van der Waals surface area contributed by atoms with Crippen LogP contribution in [0.2, 0.25) is 0 Å². The van der Waals surface area contributed by atoms with Crippen molar-refractivity contribution in [3.63, 3.8) is 0 Å². The number of piperidine rings is 1. The van der Waals surface area contributed by atoms with Gasteiger partial charge >= 0.3 is 0 Å². The molecule has 1 heterocycles. The molecule has 0 unspecified atom stereocenters. The van der Waals surface area contributed by atoms with Gasteiger partial charge in [-0.2, -0.15) is 0 Å². The lowest BCUT2D eigenvalue weighted by Crippen LogP contribution is -2.56. The second-order valence-corrected chi connectivity index (χ2v) is 8.41. The maximum atomic E-state index is 13.3. The van der Waals surface area contributed by atoms with Crippen molar-refractivity contribution in [2.24, 2.45) is 29.1 Å². The summed E-state index contributed by atoms with van der Waals surface area (Å²) >= 11 is 0. The van der Waals surface area contributed by atoms with Crippen LogP contribution in [0.1, 0.15) is 51.4 Å². The van der Waals surface area contributed by atoms with E-state index in [-0.39, 0.29) is 5.41 Å². The summed E-state index contributed by atoms with van der Waals surface area (Å²) in [7, 11) is 1.78. The average Bonchev–Trinajstić information content (AvgIpc) is 2.46. The van der Waals surface area contributed by atoms with E-state index in [4.69, 9.17) is 4.74 Å². The van der Waals surface area contributed by atoms with Crippen molar-refractivity contribution < 1.29 is 9.53 Å². The van der Waals surface area contributed by atoms with E-state index in [0.29, 0.717) is 11.8 Å². The smallest absolute Gasteiger partial charge is 0.228 e. The summed E-state index contributed by atoms with van der Waals surface area (Å²) < 4.78 is 5.32. The number of likely N-dealkylation sites (tertiary alicyclic amines) is 1. The predicted molar refractivity (Wildman–Crippen MR) is 81.8 cm³/mol. The second-order valence-electron chi connectivity index (χ2n) is 8.41. The third-order valence-electron chi connectivity index (χ3n) is 6.70. The highest BCUT2D eigenvalue weighted by molar-refractivity contribution is 5.83. The molecule has 0 radical (unpaired) electrons. The van der Waals surface area contributed by atoms with E-state index >= 15 is 0 Å². The van der Waals surface area contributed by atoms with Crippen LogP contribution in [-0.2, 0) is 9.53 Å². The number of rotatable bonds is 3. The van der Waals surface area contributed by atoms with Crippen molar-refractivity contribution in [1.82, 2.24) is 4.90 Å². The minimum Gasteiger partial charge on any atom is -0.384 e. The lowest BCUT2D eigenvalue weighted by Gasteiger charge is -2.57. The van der Waals surface area contributed by atoms with E-state index in [9.17, 15) is 4.79 Å². The van der Waals surface area contributed by atoms with E-state index in [1.54, 1.807) is 7.11 Å². The third kappa shape index (κ3) is 2.42. The van der Waals surface area contributed by atoms with Gasteiger partial charge in [-0.15, -0.1) is 0 Å². The standard InChI is InChI=1S/C18H29NO2/c1-21-12-13-3-2-4-19(11-13)17(20)18-8-14-5-15(9-18)7-16(6-14)10-18/h13-16H,2-12H2,1H3/t13-,14?,15?,16?,18?/m1/s1. The zero-order valence-corrected chi connectivity index (χ0v) is 13.4. The first-order valence-corrected chi connectivity index (χ1v) is 8.97. The molecule has 4 bridgehead atoms. The Labute approximate surface area is 128 Å². The first-order chi connectivity index (χ1) is 10.2. The van der Waals surface area contributed by atoms with Gasteiger partial charge in [-0.3, -0.25) is 4.79 Å². The van der Waals surface area contributed by atoms with Crippen molar-refractivity contribution in [3.05, 3.63) is 0 Å². The number of ether oxygens (including phenoxy) is 1. The van der Waals surface area contributed by atoms with Gasteiger partial charge < -0.3 is 9.64 Å². The quantitative estimate of drug-likeness (QED) is 0.799. The molecule has 118 valence electrons. The summed E-state index contributed by atoms with van der Waals surface area (Å²) in [5.41, 5.74) is 0.0453. The lowest BCUT2D eigenvalue weighted by molar-refractivity contribution is -0.159. The van der Waals surface area contributed by atoms with Crippen LogP contribution in [0.5, 0.6) is 0 Å². The molecule has 3 heteroatoms. The Morgan fingerprint density at radius 2 is 1.76 bits per heavy atom. The highest BCUT2D eigenvalue weighted by Gasteiger charge is 2.55. The van der Waals surface area contributed by atoms with Gasteiger partial charge in [-0.05, 0) is 75.0 Å². The van der Waals surface area contributed by atoms with Crippen LogP contribution in [0, 0.1) is 29.1 Å². The molecule has 0 aromatic carbocycles. The van der Waals surface area contributed by atoms with Gasteiger partial charge in [0.15, 0.2) is 0 Å². The van der Waals surface area contributed by atoms with Gasteiger partial charge in [0.1, 0.15) is 0 Å². The molecular formula is C18H29NO2. The van der Waals surface area contributed by atoms with Crippen molar-refractivity contribution in [1.29, 1.82) is 0 Å². The molecule has 0 spiro atoms. The Bertz CT molecular complexity index is 382. The summed E-state index contributed by atoms with van der Waals surface area (Å²) in [6.07, 6.45) is 10.2.